The number of fused-ring (bicyclic) bond motifs is 6. The molecule has 0 atom stereocenters. The Morgan fingerprint density at radius 3 is 1.62 bits per heavy atom. The zero-order valence-electron chi connectivity index (χ0n) is 25.8. The molecule has 4 heteroatoms. The van der Waals surface area contributed by atoms with Crippen LogP contribution in [0.5, 0.6) is 0 Å². The van der Waals surface area contributed by atoms with Gasteiger partial charge < -0.3 is 9.13 Å². The minimum Gasteiger partial charge on any atom is -0.309 e. The predicted octanol–water partition coefficient (Wildman–Crippen LogP) is 11.0. The third-order valence-electron chi connectivity index (χ3n) is 9.40. The van der Waals surface area contributed by atoms with E-state index in [1.165, 1.54) is 10.8 Å². The van der Waals surface area contributed by atoms with E-state index >= 15 is 0 Å². The molecule has 7 aromatic carbocycles. The lowest BCUT2D eigenvalue weighted by molar-refractivity contribution is 1.16. The molecule has 9 rings (SSSR count). The highest BCUT2D eigenvalue weighted by molar-refractivity contribution is 6.11. The van der Waals surface area contributed by atoms with Gasteiger partial charge in [-0.15, -0.1) is 0 Å². The largest absolute Gasteiger partial charge is 0.309 e. The first-order valence-corrected chi connectivity index (χ1v) is 15.9. The highest BCUT2D eigenvalue weighted by Gasteiger charge is 2.21. The van der Waals surface area contributed by atoms with Crippen LogP contribution in [0.1, 0.15) is 11.1 Å². The lowest BCUT2D eigenvalue weighted by Crippen LogP contribution is -2.01. The summed E-state index contributed by atoms with van der Waals surface area (Å²) in [5.74, 6) is 0. The summed E-state index contributed by atoms with van der Waals surface area (Å²) >= 11 is 0. The van der Waals surface area contributed by atoms with Gasteiger partial charge in [-0.05, 0) is 71.3 Å². The molecule has 0 aliphatic heterocycles. The van der Waals surface area contributed by atoms with Gasteiger partial charge in [0.1, 0.15) is 6.07 Å². The zero-order valence-corrected chi connectivity index (χ0v) is 25.8. The molecule has 0 saturated heterocycles. The van der Waals surface area contributed by atoms with Crippen LogP contribution in [0.25, 0.3) is 77.2 Å². The number of para-hydroxylation sites is 3. The van der Waals surface area contributed by atoms with E-state index in [0.717, 1.165) is 66.5 Å². The summed E-state index contributed by atoms with van der Waals surface area (Å²) in [5.41, 5.74) is 11.4. The standard InChI is InChI=1S/C44H26N4/c45-27-29-21-23-42-37(25-29)36-15-6-9-19-41(36)47(42)38-24-22-31(26-32(38)28-46)44-33(30-11-2-1-3-12-30)16-10-20-43(44)48-39-17-7-4-13-34(39)35-14-5-8-18-40(35)48/h1-26H. The normalized spacial score (nSPS) is 11.3. The molecule has 0 aliphatic carbocycles. The van der Waals surface area contributed by atoms with E-state index in [-0.39, 0.29) is 0 Å². The molecule has 222 valence electrons. The van der Waals surface area contributed by atoms with E-state index in [9.17, 15) is 10.5 Å². The fourth-order valence-electron chi connectivity index (χ4n) is 7.35. The van der Waals surface area contributed by atoms with Gasteiger partial charge in [-0.1, -0.05) is 103 Å². The van der Waals surface area contributed by atoms with Gasteiger partial charge in [-0.25, -0.2) is 0 Å². The van der Waals surface area contributed by atoms with Crippen molar-refractivity contribution in [1.29, 1.82) is 10.5 Å². The first-order valence-electron chi connectivity index (χ1n) is 15.9. The predicted molar refractivity (Wildman–Crippen MR) is 195 cm³/mol. The molecule has 0 amide bonds. The Kier molecular flexibility index (Phi) is 6.22. The molecule has 0 radical (unpaired) electrons. The van der Waals surface area contributed by atoms with Crippen LogP contribution < -0.4 is 0 Å². The minimum atomic E-state index is 0.565. The van der Waals surface area contributed by atoms with Crippen LogP contribution >= 0.6 is 0 Å². The van der Waals surface area contributed by atoms with E-state index in [1.54, 1.807) is 0 Å². The number of hydrogen-bond acceptors (Lipinski definition) is 2. The Hall–Kier alpha value is -6.88. The SMILES string of the molecule is N#Cc1ccc2c(c1)c1ccccc1n2-c1ccc(-c2c(-c3ccccc3)cccc2-n2c3ccccc3c3ccccc32)cc1C#N. The van der Waals surface area contributed by atoms with Gasteiger partial charge in [0.05, 0.1) is 50.6 Å². The van der Waals surface area contributed by atoms with Crippen molar-refractivity contribution >= 4 is 43.6 Å². The number of hydrogen-bond donors (Lipinski definition) is 0. The van der Waals surface area contributed by atoms with Gasteiger partial charge in [0, 0.05) is 27.1 Å². The monoisotopic (exact) mass is 610 g/mol. The summed E-state index contributed by atoms with van der Waals surface area (Å²) in [4.78, 5) is 0. The number of rotatable bonds is 4. The summed E-state index contributed by atoms with van der Waals surface area (Å²) in [5, 5.41) is 24.8. The van der Waals surface area contributed by atoms with Crippen LogP contribution in [0.3, 0.4) is 0 Å². The van der Waals surface area contributed by atoms with Gasteiger partial charge in [0.15, 0.2) is 0 Å². The minimum absolute atomic E-state index is 0.565. The van der Waals surface area contributed by atoms with Crippen molar-refractivity contribution < 1.29 is 0 Å². The third-order valence-corrected chi connectivity index (χ3v) is 9.40. The third kappa shape index (κ3) is 4.07. The van der Waals surface area contributed by atoms with E-state index in [4.69, 9.17) is 0 Å². The second-order valence-electron chi connectivity index (χ2n) is 12.0. The number of nitrogens with zero attached hydrogens (tertiary/aromatic N) is 4. The van der Waals surface area contributed by atoms with Crippen molar-refractivity contribution in [3.05, 3.63) is 169 Å². The van der Waals surface area contributed by atoms with Crippen LogP contribution in [-0.2, 0) is 0 Å². The lowest BCUT2D eigenvalue weighted by atomic mass is 9.91. The topological polar surface area (TPSA) is 57.4 Å². The maximum Gasteiger partial charge on any atom is 0.101 e. The van der Waals surface area contributed by atoms with E-state index in [2.05, 4.69) is 137 Å². The van der Waals surface area contributed by atoms with Crippen LogP contribution in [0.2, 0.25) is 0 Å². The molecular weight excluding hydrogens is 585 g/mol. The fraction of sp³-hybridized carbons (Fsp3) is 0. The van der Waals surface area contributed by atoms with Gasteiger partial charge in [-0.2, -0.15) is 10.5 Å². The van der Waals surface area contributed by atoms with Gasteiger partial charge in [0.2, 0.25) is 0 Å². The molecule has 9 aromatic rings. The first-order chi connectivity index (χ1) is 23.7. The molecule has 0 aliphatic rings. The molecule has 0 unspecified atom stereocenters. The maximum absolute atomic E-state index is 10.7. The molecule has 0 N–H and O–H groups in total. The Morgan fingerprint density at radius 1 is 0.396 bits per heavy atom. The second kappa shape index (κ2) is 10.9. The van der Waals surface area contributed by atoms with Crippen molar-refractivity contribution in [2.45, 2.75) is 0 Å². The maximum atomic E-state index is 10.7. The molecule has 0 bridgehead atoms. The van der Waals surface area contributed by atoms with Crippen LogP contribution in [0.4, 0.5) is 0 Å². The summed E-state index contributed by atoms with van der Waals surface area (Å²) in [6.45, 7) is 0. The lowest BCUT2D eigenvalue weighted by Gasteiger charge is -2.19. The van der Waals surface area contributed by atoms with Crippen LogP contribution in [0, 0.1) is 22.7 Å². The molecule has 2 aromatic heterocycles. The second-order valence-corrected chi connectivity index (χ2v) is 12.0. The highest BCUT2D eigenvalue weighted by Crippen LogP contribution is 2.42. The summed E-state index contributed by atoms with van der Waals surface area (Å²) in [6, 6.07) is 59.0. The molecule has 48 heavy (non-hydrogen) atoms. The molecule has 4 nitrogen and oxygen atoms in total. The highest BCUT2D eigenvalue weighted by atomic mass is 15.0. The molecule has 0 spiro atoms. The Bertz CT molecular complexity index is 2750. The van der Waals surface area contributed by atoms with Crippen LogP contribution in [-0.4, -0.2) is 9.13 Å². The van der Waals surface area contributed by atoms with Crippen molar-refractivity contribution in [3.8, 4) is 45.8 Å². The van der Waals surface area contributed by atoms with Crippen LogP contribution in [0.15, 0.2) is 158 Å². The Labute approximate surface area is 277 Å². The average molecular weight is 611 g/mol. The van der Waals surface area contributed by atoms with Crippen molar-refractivity contribution in [2.75, 3.05) is 0 Å². The van der Waals surface area contributed by atoms with Gasteiger partial charge >= 0.3 is 0 Å². The summed E-state index contributed by atoms with van der Waals surface area (Å²) in [6.07, 6.45) is 0. The van der Waals surface area contributed by atoms with Crippen molar-refractivity contribution in [3.63, 3.8) is 0 Å². The number of benzene rings is 7. The smallest absolute Gasteiger partial charge is 0.101 e. The fourth-order valence-corrected chi connectivity index (χ4v) is 7.35. The van der Waals surface area contributed by atoms with Gasteiger partial charge in [0.25, 0.3) is 0 Å². The van der Waals surface area contributed by atoms with Gasteiger partial charge in [-0.3, -0.25) is 0 Å². The molecule has 0 saturated carbocycles. The zero-order chi connectivity index (χ0) is 32.2. The number of nitriles is 2. The number of aromatic nitrogens is 2. The summed E-state index contributed by atoms with van der Waals surface area (Å²) in [7, 11) is 0. The van der Waals surface area contributed by atoms with Crippen molar-refractivity contribution in [2.24, 2.45) is 0 Å². The first kappa shape index (κ1) is 27.4. The van der Waals surface area contributed by atoms with E-state index < -0.39 is 0 Å². The van der Waals surface area contributed by atoms with E-state index in [1.807, 2.05) is 42.5 Å². The Balaban J connectivity index is 1.34. The molecular formula is C44H26N4. The van der Waals surface area contributed by atoms with Crippen molar-refractivity contribution in [1.82, 2.24) is 9.13 Å². The Morgan fingerprint density at radius 2 is 0.979 bits per heavy atom. The summed E-state index contributed by atoms with van der Waals surface area (Å²) < 4.78 is 4.50. The molecule has 2 heterocycles. The average Bonchev–Trinajstić information content (AvgIpc) is 3.67. The quantitative estimate of drug-likeness (QED) is 0.199. The van der Waals surface area contributed by atoms with E-state index in [0.29, 0.717) is 11.1 Å². The molecule has 0 fully saturated rings.